The van der Waals surface area contributed by atoms with Crippen molar-refractivity contribution in [2.45, 2.75) is 0 Å². The molecule has 0 N–H and O–H groups in total. The van der Waals surface area contributed by atoms with Crippen LogP contribution in [-0.2, 0) is 9.53 Å². The Morgan fingerprint density at radius 2 is 2.15 bits per heavy atom. The molecule has 0 aliphatic carbocycles. The second-order valence-electron chi connectivity index (χ2n) is 4.46. The number of esters is 1. The first kappa shape index (κ1) is 14.2. The maximum Gasteiger partial charge on any atom is 0.319 e. The smallest absolute Gasteiger partial charge is 0.319 e. The van der Waals surface area contributed by atoms with Crippen molar-refractivity contribution in [3.8, 4) is 0 Å². The van der Waals surface area contributed by atoms with Gasteiger partial charge >= 0.3 is 11.7 Å². The van der Waals surface area contributed by atoms with Crippen LogP contribution >= 0.6 is 0 Å². The Morgan fingerprint density at radius 3 is 2.75 bits per heavy atom. The SMILES string of the molecule is COC(=O)CN1CCN(c2ccncc2[N+](=O)[O-])CC1. The van der Waals surface area contributed by atoms with Crippen LogP contribution in [0.5, 0.6) is 0 Å². The normalized spacial score (nSPS) is 15.9. The van der Waals surface area contributed by atoms with E-state index >= 15 is 0 Å². The highest BCUT2D eigenvalue weighted by atomic mass is 16.6. The van der Waals surface area contributed by atoms with Crippen LogP contribution in [0.15, 0.2) is 18.5 Å². The van der Waals surface area contributed by atoms with Gasteiger partial charge in [0.25, 0.3) is 0 Å². The first-order valence-corrected chi connectivity index (χ1v) is 6.24. The van der Waals surface area contributed by atoms with Crippen molar-refractivity contribution >= 4 is 17.3 Å². The summed E-state index contributed by atoms with van der Waals surface area (Å²) in [6, 6.07) is 1.65. The number of hydrogen-bond acceptors (Lipinski definition) is 7. The van der Waals surface area contributed by atoms with Gasteiger partial charge < -0.3 is 9.64 Å². The van der Waals surface area contributed by atoms with E-state index in [2.05, 4.69) is 9.72 Å². The molecular weight excluding hydrogens is 264 g/mol. The fourth-order valence-corrected chi connectivity index (χ4v) is 2.18. The van der Waals surface area contributed by atoms with Crippen LogP contribution in [0, 0.1) is 10.1 Å². The van der Waals surface area contributed by atoms with Crippen molar-refractivity contribution in [2.75, 3.05) is 44.7 Å². The van der Waals surface area contributed by atoms with E-state index < -0.39 is 4.92 Å². The second kappa shape index (κ2) is 6.29. The highest BCUT2D eigenvalue weighted by Crippen LogP contribution is 2.27. The summed E-state index contributed by atoms with van der Waals surface area (Å²) < 4.78 is 4.62. The van der Waals surface area contributed by atoms with Gasteiger partial charge in [-0.25, -0.2) is 0 Å². The second-order valence-corrected chi connectivity index (χ2v) is 4.46. The molecule has 0 unspecified atom stereocenters. The van der Waals surface area contributed by atoms with Crippen LogP contribution in [0.2, 0.25) is 0 Å². The van der Waals surface area contributed by atoms with Crippen molar-refractivity contribution < 1.29 is 14.5 Å². The van der Waals surface area contributed by atoms with Gasteiger partial charge in [0.05, 0.1) is 18.6 Å². The number of methoxy groups -OCH3 is 1. The summed E-state index contributed by atoms with van der Waals surface area (Å²) in [5.74, 6) is -0.270. The number of anilines is 1. The number of carbonyl (C=O) groups excluding carboxylic acids is 1. The largest absolute Gasteiger partial charge is 0.468 e. The predicted molar refractivity (Wildman–Crippen MR) is 71.6 cm³/mol. The van der Waals surface area contributed by atoms with Gasteiger partial charge in [0, 0.05) is 32.4 Å². The molecule has 108 valence electrons. The van der Waals surface area contributed by atoms with Crippen LogP contribution in [0.4, 0.5) is 11.4 Å². The zero-order valence-electron chi connectivity index (χ0n) is 11.2. The molecule has 2 rings (SSSR count). The lowest BCUT2D eigenvalue weighted by atomic mass is 10.2. The molecule has 8 heteroatoms. The summed E-state index contributed by atoms with van der Waals surface area (Å²) >= 11 is 0. The zero-order valence-corrected chi connectivity index (χ0v) is 11.2. The minimum absolute atomic E-state index is 0.00826. The van der Waals surface area contributed by atoms with Crippen molar-refractivity contribution in [1.82, 2.24) is 9.88 Å². The number of pyridine rings is 1. The molecule has 0 atom stereocenters. The Balaban J connectivity index is 2.01. The topological polar surface area (TPSA) is 88.8 Å². The number of rotatable bonds is 4. The fraction of sp³-hybridized carbons (Fsp3) is 0.500. The number of piperazine rings is 1. The molecular formula is C12H16N4O4. The zero-order chi connectivity index (χ0) is 14.5. The number of aromatic nitrogens is 1. The molecule has 0 bridgehead atoms. The third-order valence-electron chi connectivity index (χ3n) is 3.27. The molecule has 1 aromatic rings. The quantitative estimate of drug-likeness (QED) is 0.444. The standard InChI is InChI=1S/C12H16N4O4/c1-20-12(17)9-14-4-6-15(7-5-14)10-2-3-13-8-11(10)16(18)19/h2-3,8H,4-7,9H2,1H3. The molecule has 8 nitrogen and oxygen atoms in total. The molecule has 20 heavy (non-hydrogen) atoms. The molecule has 0 radical (unpaired) electrons. The van der Waals surface area contributed by atoms with Gasteiger partial charge in [0.1, 0.15) is 11.9 Å². The van der Waals surface area contributed by atoms with E-state index in [0.717, 1.165) is 0 Å². The Labute approximate surface area is 116 Å². The van der Waals surface area contributed by atoms with Gasteiger partial charge in [-0.15, -0.1) is 0 Å². The van der Waals surface area contributed by atoms with E-state index in [1.165, 1.54) is 13.3 Å². The summed E-state index contributed by atoms with van der Waals surface area (Å²) in [4.78, 5) is 29.4. The molecule has 2 heterocycles. The minimum atomic E-state index is -0.427. The van der Waals surface area contributed by atoms with E-state index in [1.54, 1.807) is 12.3 Å². The average Bonchev–Trinajstić information content (AvgIpc) is 2.48. The van der Waals surface area contributed by atoms with E-state index in [1.807, 2.05) is 9.80 Å². The van der Waals surface area contributed by atoms with Crippen molar-refractivity contribution in [2.24, 2.45) is 0 Å². The molecule has 1 saturated heterocycles. The first-order valence-electron chi connectivity index (χ1n) is 6.24. The maximum atomic E-state index is 11.2. The third-order valence-corrected chi connectivity index (χ3v) is 3.27. The monoisotopic (exact) mass is 280 g/mol. The van der Waals surface area contributed by atoms with E-state index in [0.29, 0.717) is 31.9 Å². The molecule has 0 amide bonds. The molecule has 0 saturated carbocycles. The number of carbonyl (C=O) groups is 1. The number of ether oxygens (including phenoxy) is 1. The van der Waals surface area contributed by atoms with Crippen LogP contribution in [0.25, 0.3) is 0 Å². The first-order chi connectivity index (χ1) is 9.61. The number of nitrogens with zero attached hydrogens (tertiary/aromatic N) is 4. The van der Waals surface area contributed by atoms with Gasteiger partial charge in [-0.1, -0.05) is 0 Å². The summed E-state index contributed by atoms with van der Waals surface area (Å²) in [5, 5.41) is 11.0. The number of hydrogen-bond donors (Lipinski definition) is 0. The highest BCUT2D eigenvalue weighted by molar-refractivity contribution is 5.71. The third kappa shape index (κ3) is 3.21. The van der Waals surface area contributed by atoms with Crippen LogP contribution in [-0.4, -0.2) is 60.6 Å². The summed E-state index contributed by atoms with van der Waals surface area (Å²) in [5.41, 5.74) is 0.580. The molecule has 1 fully saturated rings. The summed E-state index contributed by atoms with van der Waals surface area (Å²) in [7, 11) is 1.36. The molecule has 1 aliphatic rings. The van der Waals surface area contributed by atoms with Crippen LogP contribution in [0.3, 0.4) is 0 Å². The Bertz CT molecular complexity index is 500. The average molecular weight is 280 g/mol. The molecule has 1 aliphatic heterocycles. The highest BCUT2D eigenvalue weighted by Gasteiger charge is 2.24. The maximum absolute atomic E-state index is 11.2. The molecule has 0 spiro atoms. The molecule has 0 aromatic carbocycles. The lowest BCUT2D eigenvalue weighted by Crippen LogP contribution is -2.48. The predicted octanol–water partition coefficient (Wildman–Crippen LogP) is 0.285. The number of nitro groups is 1. The van der Waals surface area contributed by atoms with Gasteiger partial charge in [-0.3, -0.25) is 24.8 Å². The summed E-state index contributed by atoms with van der Waals surface area (Å²) in [6.45, 7) is 2.83. The molecule has 1 aromatic heterocycles. The van der Waals surface area contributed by atoms with Gasteiger partial charge in [0.15, 0.2) is 0 Å². The lowest BCUT2D eigenvalue weighted by molar-refractivity contribution is -0.384. The Morgan fingerprint density at radius 1 is 1.45 bits per heavy atom. The summed E-state index contributed by atoms with van der Waals surface area (Å²) in [6.07, 6.45) is 2.80. The van der Waals surface area contributed by atoms with Crippen molar-refractivity contribution in [1.29, 1.82) is 0 Å². The van der Waals surface area contributed by atoms with Crippen LogP contribution in [0.1, 0.15) is 0 Å². The van der Waals surface area contributed by atoms with Gasteiger partial charge in [-0.05, 0) is 6.07 Å². The minimum Gasteiger partial charge on any atom is -0.468 e. The van der Waals surface area contributed by atoms with Gasteiger partial charge in [0.2, 0.25) is 0 Å². The van der Waals surface area contributed by atoms with Crippen LogP contribution < -0.4 is 4.90 Å². The van der Waals surface area contributed by atoms with E-state index in [-0.39, 0.29) is 18.2 Å². The van der Waals surface area contributed by atoms with E-state index in [9.17, 15) is 14.9 Å². The van der Waals surface area contributed by atoms with Gasteiger partial charge in [-0.2, -0.15) is 0 Å². The Kier molecular flexibility index (Phi) is 4.46. The van der Waals surface area contributed by atoms with Crippen molar-refractivity contribution in [3.63, 3.8) is 0 Å². The Hall–Kier alpha value is -2.22. The lowest BCUT2D eigenvalue weighted by Gasteiger charge is -2.34. The van der Waals surface area contributed by atoms with E-state index in [4.69, 9.17) is 0 Å². The fourth-order valence-electron chi connectivity index (χ4n) is 2.18. The van der Waals surface area contributed by atoms with Crippen molar-refractivity contribution in [3.05, 3.63) is 28.6 Å².